The van der Waals surface area contributed by atoms with Crippen molar-refractivity contribution in [2.75, 3.05) is 11.9 Å². The van der Waals surface area contributed by atoms with Crippen LogP contribution in [0.4, 0.5) is 5.13 Å². The van der Waals surface area contributed by atoms with Gasteiger partial charge in [-0.25, -0.2) is 4.98 Å². The lowest BCUT2D eigenvalue weighted by atomic mass is 10.0. The molecule has 0 bridgehead atoms. The maximum atomic E-state index is 10.7. The van der Waals surface area contributed by atoms with Gasteiger partial charge in [0.15, 0.2) is 5.13 Å². The van der Waals surface area contributed by atoms with Gasteiger partial charge in [-0.1, -0.05) is 24.3 Å². The maximum Gasteiger partial charge on any atom is 0.307 e. The molecule has 4 nitrogen and oxygen atoms in total. The van der Waals surface area contributed by atoms with Crippen LogP contribution in [-0.2, 0) is 24.1 Å². The Morgan fingerprint density at radius 3 is 2.90 bits per heavy atom. The number of benzene rings is 1. The quantitative estimate of drug-likeness (QED) is 0.823. The normalized spacial score (nSPS) is 10.4. The molecule has 0 fully saturated rings. The van der Waals surface area contributed by atoms with Crippen LogP contribution in [0.5, 0.6) is 0 Å². The first kappa shape index (κ1) is 14.5. The highest BCUT2D eigenvalue weighted by atomic mass is 32.1. The topological polar surface area (TPSA) is 62.2 Å². The fraction of sp³-hybridized carbons (Fsp3) is 0.333. The molecule has 0 radical (unpaired) electrons. The van der Waals surface area contributed by atoms with Gasteiger partial charge >= 0.3 is 5.97 Å². The number of aromatic nitrogens is 1. The van der Waals surface area contributed by atoms with Gasteiger partial charge < -0.3 is 10.4 Å². The second-order valence-corrected chi connectivity index (χ2v) is 5.42. The van der Waals surface area contributed by atoms with Gasteiger partial charge in [0.25, 0.3) is 0 Å². The molecule has 0 aliphatic carbocycles. The highest BCUT2D eigenvalue weighted by Gasteiger charge is 2.04. The lowest BCUT2D eigenvalue weighted by Gasteiger charge is -2.03. The summed E-state index contributed by atoms with van der Waals surface area (Å²) < 4.78 is 0. The molecule has 1 heterocycles. The van der Waals surface area contributed by atoms with Crippen molar-refractivity contribution in [3.8, 4) is 0 Å². The van der Waals surface area contributed by atoms with Crippen molar-refractivity contribution < 1.29 is 9.90 Å². The zero-order chi connectivity index (χ0) is 14.4. The van der Waals surface area contributed by atoms with Crippen LogP contribution in [-0.4, -0.2) is 22.6 Å². The summed E-state index contributed by atoms with van der Waals surface area (Å²) in [7, 11) is 0. The van der Waals surface area contributed by atoms with E-state index in [0.717, 1.165) is 41.3 Å². The molecule has 0 amide bonds. The van der Waals surface area contributed by atoms with Crippen LogP contribution in [0.1, 0.15) is 23.7 Å². The Balaban J connectivity index is 1.94. The molecular weight excluding hydrogens is 272 g/mol. The van der Waals surface area contributed by atoms with Gasteiger partial charge in [0, 0.05) is 11.9 Å². The maximum absolute atomic E-state index is 10.7. The predicted molar refractivity (Wildman–Crippen MR) is 81.5 cm³/mol. The molecule has 1 aromatic carbocycles. The Kier molecular flexibility index (Phi) is 5.12. The number of rotatable bonds is 7. The molecule has 20 heavy (non-hydrogen) atoms. The van der Waals surface area contributed by atoms with Crippen molar-refractivity contribution in [3.63, 3.8) is 0 Å². The van der Waals surface area contributed by atoms with E-state index in [1.54, 1.807) is 11.3 Å². The number of nitrogens with one attached hydrogen (secondary N) is 1. The van der Waals surface area contributed by atoms with Crippen molar-refractivity contribution >= 4 is 22.4 Å². The van der Waals surface area contributed by atoms with E-state index in [1.807, 2.05) is 24.3 Å². The smallest absolute Gasteiger partial charge is 0.307 e. The number of anilines is 1. The molecule has 0 saturated heterocycles. The number of thiazole rings is 1. The highest BCUT2D eigenvalue weighted by molar-refractivity contribution is 7.13. The first-order valence-electron chi connectivity index (χ1n) is 6.65. The van der Waals surface area contributed by atoms with Gasteiger partial charge in [0.2, 0.25) is 0 Å². The van der Waals surface area contributed by atoms with E-state index >= 15 is 0 Å². The van der Waals surface area contributed by atoms with Gasteiger partial charge in [0.05, 0.1) is 12.1 Å². The number of carbonyl (C=O) groups is 1. The fourth-order valence-corrected chi connectivity index (χ4v) is 2.81. The number of carboxylic acids is 1. The van der Waals surface area contributed by atoms with Crippen LogP contribution in [0.15, 0.2) is 29.6 Å². The molecular formula is C15H18N2O2S. The third-order valence-electron chi connectivity index (χ3n) is 2.90. The van der Waals surface area contributed by atoms with Crippen LogP contribution in [0.2, 0.25) is 0 Å². The van der Waals surface area contributed by atoms with E-state index in [1.165, 1.54) is 0 Å². The number of aliphatic carboxylic acids is 1. The Bertz CT molecular complexity index is 581. The number of hydrogen-bond donors (Lipinski definition) is 2. The Morgan fingerprint density at radius 2 is 2.15 bits per heavy atom. The molecule has 2 rings (SSSR count). The number of hydrogen-bond acceptors (Lipinski definition) is 4. The van der Waals surface area contributed by atoms with Gasteiger partial charge in [-0.15, -0.1) is 11.3 Å². The Morgan fingerprint density at radius 1 is 1.35 bits per heavy atom. The summed E-state index contributed by atoms with van der Waals surface area (Å²) in [6, 6.07) is 7.76. The van der Waals surface area contributed by atoms with Crippen molar-refractivity contribution in [2.24, 2.45) is 0 Å². The monoisotopic (exact) mass is 290 g/mol. The summed E-state index contributed by atoms with van der Waals surface area (Å²) in [5, 5.41) is 15.0. The lowest BCUT2D eigenvalue weighted by molar-refractivity contribution is -0.136. The van der Waals surface area contributed by atoms with Crippen LogP contribution in [0, 0.1) is 0 Å². The number of nitrogens with zero attached hydrogens (tertiary/aromatic N) is 1. The van der Waals surface area contributed by atoms with Crippen LogP contribution in [0.3, 0.4) is 0 Å². The Hall–Kier alpha value is -1.88. The van der Waals surface area contributed by atoms with Crippen molar-refractivity contribution in [1.29, 1.82) is 0 Å². The molecule has 0 atom stereocenters. The first-order valence-corrected chi connectivity index (χ1v) is 7.53. The van der Waals surface area contributed by atoms with Crippen molar-refractivity contribution in [2.45, 2.75) is 26.2 Å². The molecule has 0 unspecified atom stereocenters. The predicted octanol–water partition coefficient (Wildman–Crippen LogP) is 2.99. The van der Waals surface area contributed by atoms with E-state index in [-0.39, 0.29) is 6.42 Å². The van der Waals surface area contributed by atoms with Crippen molar-refractivity contribution in [1.82, 2.24) is 4.98 Å². The second kappa shape index (κ2) is 7.05. The summed E-state index contributed by atoms with van der Waals surface area (Å²) in [4.78, 5) is 15.2. The molecule has 0 aliphatic heterocycles. The van der Waals surface area contributed by atoms with E-state index in [0.29, 0.717) is 0 Å². The van der Waals surface area contributed by atoms with Gasteiger partial charge in [-0.3, -0.25) is 4.79 Å². The molecule has 2 aromatic rings. The summed E-state index contributed by atoms with van der Waals surface area (Å²) in [5.74, 6) is -0.795. The SMILES string of the molecule is CCNc1nc(CCc2cccc(CC(=O)O)c2)cs1. The molecule has 5 heteroatoms. The average molecular weight is 290 g/mol. The highest BCUT2D eigenvalue weighted by Crippen LogP contribution is 2.17. The first-order chi connectivity index (χ1) is 9.67. The largest absolute Gasteiger partial charge is 0.481 e. The minimum Gasteiger partial charge on any atom is -0.481 e. The average Bonchev–Trinajstić information content (AvgIpc) is 2.84. The summed E-state index contributed by atoms with van der Waals surface area (Å²) in [5.41, 5.74) is 3.08. The third-order valence-corrected chi connectivity index (χ3v) is 3.75. The second-order valence-electron chi connectivity index (χ2n) is 4.56. The van der Waals surface area contributed by atoms with Crippen LogP contribution >= 0.6 is 11.3 Å². The van der Waals surface area contributed by atoms with Crippen molar-refractivity contribution in [3.05, 3.63) is 46.5 Å². The standard InChI is InChI=1S/C15H18N2O2S/c1-2-16-15-17-13(10-20-15)7-6-11-4-3-5-12(8-11)9-14(18)19/h3-5,8,10H,2,6-7,9H2,1H3,(H,16,17)(H,18,19). The minimum atomic E-state index is -0.795. The zero-order valence-electron chi connectivity index (χ0n) is 11.4. The van der Waals surface area contributed by atoms with E-state index < -0.39 is 5.97 Å². The molecule has 0 spiro atoms. The summed E-state index contributed by atoms with van der Waals surface area (Å²) >= 11 is 1.62. The van der Waals surface area contributed by atoms with Crippen LogP contribution in [0.25, 0.3) is 0 Å². The minimum absolute atomic E-state index is 0.0785. The third kappa shape index (κ3) is 4.35. The summed E-state index contributed by atoms with van der Waals surface area (Å²) in [6.45, 7) is 2.93. The lowest BCUT2D eigenvalue weighted by Crippen LogP contribution is -2.01. The van der Waals surface area contributed by atoms with E-state index in [9.17, 15) is 4.79 Å². The molecule has 106 valence electrons. The Labute approximate surface area is 122 Å². The number of aryl methyl sites for hydroxylation is 2. The van der Waals surface area contributed by atoms with Gasteiger partial charge in [-0.05, 0) is 30.9 Å². The fourth-order valence-electron chi connectivity index (χ4n) is 2.00. The van der Waals surface area contributed by atoms with Crippen LogP contribution < -0.4 is 5.32 Å². The van der Waals surface area contributed by atoms with E-state index in [4.69, 9.17) is 5.11 Å². The molecule has 1 aromatic heterocycles. The summed E-state index contributed by atoms with van der Waals surface area (Å²) in [6.07, 6.45) is 1.83. The van der Waals surface area contributed by atoms with E-state index in [2.05, 4.69) is 22.6 Å². The van der Waals surface area contributed by atoms with Gasteiger partial charge in [-0.2, -0.15) is 0 Å². The van der Waals surface area contributed by atoms with Gasteiger partial charge in [0.1, 0.15) is 0 Å². The molecule has 2 N–H and O–H groups in total. The zero-order valence-corrected chi connectivity index (χ0v) is 12.2. The number of carboxylic acid groups (broad SMARTS) is 1. The molecule has 0 aliphatic rings. The molecule has 0 saturated carbocycles.